The zero-order valence-electron chi connectivity index (χ0n) is 13.6. The number of hydrogen-bond donors (Lipinski definition) is 2. The maximum Gasteiger partial charge on any atom is 0.328 e. The molecular weight excluding hydrogens is 296 g/mol. The molecule has 0 spiro atoms. The van der Waals surface area contributed by atoms with Gasteiger partial charge in [0.25, 0.3) is 0 Å². The molecule has 0 aliphatic carbocycles. The molecule has 6 heteroatoms. The van der Waals surface area contributed by atoms with Crippen LogP contribution in [0.1, 0.15) is 24.0 Å². The lowest BCUT2D eigenvalue weighted by Crippen LogP contribution is -2.19. The van der Waals surface area contributed by atoms with Crippen LogP contribution in [0.3, 0.4) is 0 Å². The van der Waals surface area contributed by atoms with Crippen LogP contribution in [-0.4, -0.2) is 44.1 Å². The largest absolute Gasteiger partial charge is 0.493 e. The van der Waals surface area contributed by atoms with E-state index in [4.69, 9.17) is 15.2 Å². The average Bonchev–Trinajstić information content (AvgIpc) is 2.54. The molecule has 0 amide bonds. The van der Waals surface area contributed by atoms with Crippen molar-refractivity contribution < 1.29 is 19.4 Å². The Morgan fingerprint density at radius 1 is 1.43 bits per heavy atom. The number of aliphatic imine (C=N–C) groups is 1. The summed E-state index contributed by atoms with van der Waals surface area (Å²) >= 11 is 0. The lowest BCUT2D eigenvalue weighted by molar-refractivity contribution is -0.138. The number of rotatable bonds is 10. The molecule has 0 radical (unpaired) electrons. The Bertz CT molecular complexity index is 570. The Kier molecular flexibility index (Phi) is 7.83. The van der Waals surface area contributed by atoms with Gasteiger partial charge in [0, 0.05) is 11.8 Å². The number of carboxylic acids is 1. The number of nitrogens with two attached hydrogens (primary N) is 1. The van der Waals surface area contributed by atoms with Crippen molar-refractivity contribution in [3.8, 4) is 11.5 Å². The number of carbonyl (C=O) groups is 1. The van der Waals surface area contributed by atoms with Gasteiger partial charge in [-0.1, -0.05) is 6.08 Å². The lowest BCUT2D eigenvalue weighted by atomic mass is 10.1. The molecule has 0 fully saturated rings. The van der Waals surface area contributed by atoms with E-state index in [1.807, 2.05) is 12.1 Å². The molecule has 126 valence electrons. The van der Waals surface area contributed by atoms with Gasteiger partial charge in [0.2, 0.25) is 0 Å². The quantitative estimate of drug-likeness (QED) is 0.508. The van der Waals surface area contributed by atoms with Crippen LogP contribution in [0.5, 0.6) is 11.5 Å². The summed E-state index contributed by atoms with van der Waals surface area (Å²) in [7, 11) is 3.09. The summed E-state index contributed by atoms with van der Waals surface area (Å²) in [6.07, 6.45) is 4.96. The summed E-state index contributed by atoms with van der Waals surface area (Å²) in [5.74, 6) is 0.122. The molecule has 0 aromatic heterocycles. The van der Waals surface area contributed by atoms with Gasteiger partial charge >= 0.3 is 5.97 Å². The van der Waals surface area contributed by atoms with Crippen LogP contribution in [-0.2, 0) is 11.2 Å². The first-order valence-corrected chi connectivity index (χ1v) is 7.39. The van der Waals surface area contributed by atoms with Gasteiger partial charge in [0.05, 0.1) is 14.2 Å². The topological polar surface area (TPSA) is 94.1 Å². The molecule has 0 aliphatic heterocycles. The van der Waals surface area contributed by atoms with E-state index in [2.05, 4.69) is 11.6 Å². The molecule has 0 aliphatic rings. The highest BCUT2D eigenvalue weighted by atomic mass is 16.5. The van der Waals surface area contributed by atoms with Gasteiger partial charge in [-0.3, -0.25) is 4.99 Å². The predicted molar refractivity (Wildman–Crippen MR) is 90.8 cm³/mol. The Balaban J connectivity index is 3.17. The van der Waals surface area contributed by atoms with Crippen LogP contribution in [0.2, 0.25) is 0 Å². The average molecular weight is 320 g/mol. The minimum absolute atomic E-state index is 0.397. The van der Waals surface area contributed by atoms with Gasteiger partial charge in [-0.25, -0.2) is 4.79 Å². The van der Waals surface area contributed by atoms with Gasteiger partial charge in [-0.15, -0.1) is 6.58 Å². The second-order valence-corrected chi connectivity index (χ2v) is 4.98. The molecule has 0 heterocycles. The van der Waals surface area contributed by atoms with E-state index in [1.165, 1.54) is 13.3 Å². The number of aliphatic carboxylic acids is 1. The first-order valence-electron chi connectivity index (χ1n) is 7.39. The van der Waals surface area contributed by atoms with Crippen molar-refractivity contribution in [3.63, 3.8) is 0 Å². The Morgan fingerprint density at radius 2 is 2.17 bits per heavy atom. The summed E-state index contributed by atoms with van der Waals surface area (Å²) < 4.78 is 10.7. The van der Waals surface area contributed by atoms with Crippen molar-refractivity contribution >= 4 is 12.2 Å². The smallest absolute Gasteiger partial charge is 0.328 e. The van der Waals surface area contributed by atoms with E-state index in [-0.39, 0.29) is 0 Å². The van der Waals surface area contributed by atoms with Crippen LogP contribution in [0.25, 0.3) is 0 Å². The zero-order valence-corrected chi connectivity index (χ0v) is 13.6. The first kappa shape index (κ1) is 18.7. The molecule has 0 unspecified atom stereocenters. The maximum absolute atomic E-state index is 11.2. The summed E-state index contributed by atoms with van der Waals surface area (Å²) in [5, 5.41) is 9.22. The summed E-state index contributed by atoms with van der Waals surface area (Å²) in [4.78, 5) is 15.4. The van der Waals surface area contributed by atoms with Gasteiger partial charge in [0.15, 0.2) is 11.5 Å². The third-order valence-corrected chi connectivity index (χ3v) is 3.31. The third kappa shape index (κ3) is 5.41. The number of hydrogen-bond acceptors (Lipinski definition) is 5. The second-order valence-electron chi connectivity index (χ2n) is 4.98. The molecule has 3 N–H and O–H groups in total. The van der Waals surface area contributed by atoms with Gasteiger partial charge in [-0.05, 0) is 43.5 Å². The van der Waals surface area contributed by atoms with Crippen LogP contribution >= 0.6 is 0 Å². The van der Waals surface area contributed by atoms with Gasteiger partial charge in [0.1, 0.15) is 6.04 Å². The molecule has 23 heavy (non-hydrogen) atoms. The number of ether oxygens (including phenoxy) is 2. The SMILES string of the molecule is C=CCc1cc(C=N[C@@H](CCCN)C(=O)O)c(OC)c(OC)c1. The first-order chi connectivity index (χ1) is 11.1. The van der Waals surface area contributed by atoms with E-state index in [0.29, 0.717) is 42.9 Å². The molecule has 1 aromatic carbocycles. The Labute approximate surface area is 136 Å². The number of methoxy groups -OCH3 is 2. The van der Waals surface area contributed by atoms with Crippen molar-refractivity contribution in [2.45, 2.75) is 25.3 Å². The maximum atomic E-state index is 11.2. The van der Waals surface area contributed by atoms with E-state index in [0.717, 1.165) is 5.56 Å². The highest BCUT2D eigenvalue weighted by molar-refractivity contribution is 5.87. The summed E-state index contributed by atoms with van der Waals surface area (Å²) in [5.41, 5.74) is 7.08. The standard InChI is InChI=1S/C17H24N2O4/c1-4-6-12-9-13(16(23-3)15(10-12)22-2)11-19-14(17(20)21)7-5-8-18/h4,9-11,14H,1,5-8,18H2,2-3H3,(H,20,21)/t14-/m0/s1. The van der Waals surface area contributed by atoms with Crippen molar-refractivity contribution in [2.75, 3.05) is 20.8 Å². The van der Waals surface area contributed by atoms with Crippen LogP contribution in [0, 0.1) is 0 Å². The zero-order chi connectivity index (χ0) is 17.2. The van der Waals surface area contributed by atoms with E-state index in [9.17, 15) is 9.90 Å². The van der Waals surface area contributed by atoms with Crippen LogP contribution < -0.4 is 15.2 Å². The number of nitrogens with zero attached hydrogens (tertiary/aromatic N) is 1. The van der Waals surface area contributed by atoms with Crippen molar-refractivity contribution in [2.24, 2.45) is 10.7 Å². The second kappa shape index (κ2) is 9.63. The fraction of sp³-hybridized carbons (Fsp3) is 0.412. The summed E-state index contributed by atoms with van der Waals surface area (Å²) in [6.45, 7) is 4.16. The normalized spacial score (nSPS) is 12.1. The number of benzene rings is 1. The molecule has 6 nitrogen and oxygen atoms in total. The molecule has 0 saturated heterocycles. The molecule has 1 atom stereocenters. The van der Waals surface area contributed by atoms with E-state index in [1.54, 1.807) is 13.2 Å². The Morgan fingerprint density at radius 3 is 2.70 bits per heavy atom. The minimum Gasteiger partial charge on any atom is -0.493 e. The summed E-state index contributed by atoms with van der Waals surface area (Å²) in [6, 6.07) is 2.92. The van der Waals surface area contributed by atoms with E-state index < -0.39 is 12.0 Å². The van der Waals surface area contributed by atoms with Gasteiger partial charge in [-0.2, -0.15) is 0 Å². The Hall–Kier alpha value is -2.34. The van der Waals surface area contributed by atoms with E-state index >= 15 is 0 Å². The number of carboxylic acid groups (broad SMARTS) is 1. The fourth-order valence-electron chi connectivity index (χ4n) is 2.18. The predicted octanol–water partition coefficient (Wildman–Crippen LogP) is 2.04. The molecular formula is C17H24N2O4. The third-order valence-electron chi connectivity index (χ3n) is 3.31. The molecule has 0 bridgehead atoms. The molecule has 0 saturated carbocycles. The van der Waals surface area contributed by atoms with Gasteiger partial charge < -0.3 is 20.3 Å². The lowest BCUT2D eigenvalue weighted by Gasteiger charge is -2.13. The van der Waals surface area contributed by atoms with Crippen LogP contribution in [0.15, 0.2) is 29.8 Å². The minimum atomic E-state index is -0.970. The van der Waals surface area contributed by atoms with Crippen LogP contribution in [0.4, 0.5) is 0 Å². The molecule has 1 aromatic rings. The highest BCUT2D eigenvalue weighted by Gasteiger charge is 2.16. The van der Waals surface area contributed by atoms with Crippen molar-refractivity contribution in [1.29, 1.82) is 0 Å². The fourth-order valence-corrected chi connectivity index (χ4v) is 2.18. The number of allylic oxidation sites excluding steroid dienone is 1. The highest BCUT2D eigenvalue weighted by Crippen LogP contribution is 2.32. The van der Waals surface area contributed by atoms with Crippen molar-refractivity contribution in [3.05, 3.63) is 35.9 Å². The van der Waals surface area contributed by atoms with Crippen molar-refractivity contribution in [1.82, 2.24) is 0 Å². The monoisotopic (exact) mass is 320 g/mol. The molecule has 1 rings (SSSR count).